The van der Waals surface area contributed by atoms with Gasteiger partial charge < -0.3 is 18.7 Å². The number of fused-ring (bicyclic) bond motifs is 1. The molecule has 44 heavy (non-hydrogen) atoms. The number of carbonyl (C=O) groups excluding carboxylic acids is 2. The van der Waals surface area contributed by atoms with E-state index in [0.717, 1.165) is 35.4 Å². The van der Waals surface area contributed by atoms with Crippen LogP contribution in [0.15, 0.2) is 82.0 Å². The normalized spacial score (nSPS) is 14.3. The molecule has 226 valence electrons. The van der Waals surface area contributed by atoms with Crippen LogP contribution in [0.25, 0.3) is 16.6 Å². The molecule has 0 atom stereocenters. The minimum Gasteiger partial charge on any atom is -0.465 e. The van der Waals surface area contributed by atoms with Crippen LogP contribution in [0.4, 0.5) is 4.79 Å². The maximum Gasteiger partial charge on any atom is 0.410 e. The summed E-state index contributed by atoms with van der Waals surface area (Å²) in [5, 5.41) is 5.94. The summed E-state index contributed by atoms with van der Waals surface area (Å²) in [6.07, 6.45) is 6.52. The van der Waals surface area contributed by atoms with Crippen molar-refractivity contribution < 1.29 is 33.2 Å². The van der Waals surface area contributed by atoms with Crippen LogP contribution >= 0.6 is 0 Å². The van der Waals surface area contributed by atoms with E-state index in [-0.39, 0.29) is 20.1 Å². The number of amides is 1. The topological polar surface area (TPSA) is 151 Å². The highest BCUT2D eigenvalue weighted by Gasteiger charge is 2.22. The first-order valence-corrected chi connectivity index (χ1v) is 14.1. The number of ether oxygens (including phenoxy) is 3. The highest BCUT2D eigenvalue weighted by atomic mass is 16.7. The number of rotatable bonds is 11. The van der Waals surface area contributed by atoms with Gasteiger partial charge in [-0.15, -0.1) is 0 Å². The molecular formula is C31H30N6O7. The highest BCUT2D eigenvalue weighted by molar-refractivity contribution is 6.03. The van der Waals surface area contributed by atoms with E-state index in [9.17, 15) is 9.59 Å². The van der Waals surface area contributed by atoms with E-state index in [0.29, 0.717) is 41.5 Å². The summed E-state index contributed by atoms with van der Waals surface area (Å²) in [4.78, 5) is 39.4. The van der Waals surface area contributed by atoms with Crippen molar-refractivity contribution in [1.82, 2.24) is 25.5 Å². The Kier molecular flexibility index (Phi) is 8.64. The highest BCUT2D eigenvalue weighted by Crippen LogP contribution is 2.32. The second-order valence-electron chi connectivity index (χ2n) is 9.84. The third kappa shape index (κ3) is 6.32. The van der Waals surface area contributed by atoms with Crippen LogP contribution in [0.2, 0.25) is 0 Å². The zero-order valence-corrected chi connectivity index (χ0v) is 23.9. The molecule has 4 aromatic rings. The fraction of sp³-hybridized carbons (Fsp3) is 0.258. The number of allylic oxidation sites excluding steroid dienone is 4. The summed E-state index contributed by atoms with van der Waals surface area (Å²) >= 11 is 0. The Balaban J connectivity index is 1.19. The van der Waals surface area contributed by atoms with Gasteiger partial charge in [0.1, 0.15) is 0 Å². The lowest BCUT2D eigenvalue weighted by molar-refractivity contribution is 0.0459. The number of carbonyl (C=O) groups is 2. The van der Waals surface area contributed by atoms with Gasteiger partial charge in [-0.1, -0.05) is 53.2 Å². The molecule has 2 aliphatic rings. The first kappa shape index (κ1) is 28.7. The van der Waals surface area contributed by atoms with Gasteiger partial charge in [-0.3, -0.25) is 14.7 Å². The molecule has 1 amide bonds. The second kappa shape index (κ2) is 13.3. The van der Waals surface area contributed by atoms with Crippen molar-refractivity contribution in [3.63, 3.8) is 0 Å². The Hall–Kier alpha value is -5.43. The average molecular weight is 599 g/mol. The summed E-state index contributed by atoms with van der Waals surface area (Å²) in [7, 11) is 0. The minimum absolute atomic E-state index is 0.0982. The van der Waals surface area contributed by atoms with Gasteiger partial charge in [0.25, 0.3) is 6.01 Å². The van der Waals surface area contributed by atoms with Crippen LogP contribution < -0.4 is 15.5 Å². The molecule has 3 heterocycles. The standard InChI is InChI=1S/C31H30N6O7/c1-2-40-30-35-26-9-5-8-25(29(38)42-18-33-31(39)41-17-22-14-15-34-44-22)27(26)37(30)16-20-10-12-21(13-11-20)23-6-3-4-7-24(23)28-32-19-43-36-28/h3-10,12,14-15H,2,11,13,16-19H2,1H3,(H,32,36)(H,33,39). The number of nitrogens with zero attached hydrogens (tertiary/aromatic N) is 4. The van der Waals surface area contributed by atoms with Gasteiger partial charge in [-0.25, -0.2) is 20.1 Å². The molecule has 0 bridgehead atoms. The largest absolute Gasteiger partial charge is 0.465 e. The molecule has 2 N–H and O–H groups in total. The Bertz CT molecular complexity index is 1760. The van der Waals surface area contributed by atoms with Gasteiger partial charge in [0.05, 0.1) is 29.4 Å². The van der Waals surface area contributed by atoms with Crippen LogP contribution in [-0.2, 0) is 27.5 Å². The van der Waals surface area contributed by atoms with E-state index in [1.807, 2.05) is 35.8 Å². The van der Waals surface area contributed by atoms with Crippen LogP contribution in [0.1, 0.15) is 47.0 Å². The molecule has 13 nitrogen and oxygen atoms in total. The summed E-state index contributed by atoms with van der Waals surface area (Å²) < 4.78 is 23.0. The maximum absolute atomic E-state index is 13.2. The predicted molar refractivity (Wildman–Crippen MR) is 158 cm³/mol. The van der Waals surface area contributed by atoms with Crippen molar-refractivity contribution in [2.24, 2.45) is 4.99 Å². The zero-order valence-electron chi connectivity index (χ0n) is 23.9. The average Bonchev–Trinajstić information content (AvgIpc) is 3.83. The Morgan fingerprint density at radius 1 is 1.05 bits per heavy atom. The van der Waals surface area contributed by atoms with Gasteiger partial charge in [0, 0.05) is 18.2 Å². The number of amidine groups is 1. The van der Waals surface area contributed by atoms with Crippen molar-refractivity contribution >= 4 is 34.5 Å². The van der Waals surface area contributed by atoms with Crippen molar-refractivity contribution in [1.29, 1.82) is 0 Å². The zero-order chi connectivity index (χ0) is 30.3. The first-order chi connectivity index (χ1) is 21.6. The maximum atomic E-state index is 13.2. The van der Waals surface area contributed by atoms with Crippen LogP contribution in [0, 0.1) is 0 Å². The minimum atomic E-state index is -0.767. The molecule has 0 fully saturated rings. The third-order valence-corrected chi connectivity index (χ3v) is 7.06. The van der Waals surface area contributed by atoms with Crippen molar-refractivity contribution in [3.8, 4) is 6.01 Å². The lowest BCUT2D eigenvalue weighted by Crippen LogP contribution is -2.28. The molecule has 0 saturated carbocycles. The quantitative estimate of drug-likeness (QED) is 0.186. The smallest absolute Gasteiger partial charge is 0.410 e. The number of hydrogen-bond acceptors (Lipinski definition) is 11. The Morgan fingerprint density at radius 3 is 2.68 bits per heavy atom. The first-order valence-electron chi connectivity index (χ1n) is 14.1. The van der Waals surface area contributed by atoms with Gasteiger partial charge in [-0.05, 0) is 43.0 Å². The molecule has 13 heteroatoms. The number of aliphatic imine (C=N–C) groups is 1. The number of nitrogens with one attached hydrogen (secondary N) is 2. The summed E-state index contributed by atoms with van der Waals surface area (Å²) in [5.41, 5.74) is 8.79. The Labute approximate surface area is 252 Å². The van der Waals surface area contributed by atoms with Gasteiger partial charge in [-0.2, -0.15) is 4.98 Å². The van der Waals surface area contributed by atoms with E-state index < -0.39 is 12.1 Å². The molecule has 0 radical (unpaired) electrons. The van der Waals surface area contributed by atoms with Gasteiger partial charge in [0.15, 0.2) is 31.7 Å². The lowest BCUT2D eigenvalue weighted by atomic mass is 9.90. The van der Waals surface area contributed by atoms with E-state index in [1.165, 1.54) is 11.8 Å². The van der Waals surface area contributed by atoms with Crippen LogP contribution in [0.3, 0.4) is 0 Å². The van der Waals surface area contributed by atoms with Crippen molar-refractivity contribution in [3.05, 3.63) is 94.9 Å². The lowest BCUT2D eigenvalue weighted by Gasteiger charge is -2.19. The summed E-state index contributed by atoms with van der Waals surface area (Å²) in [5.74, 6) is 0.484. The van der Waals surface area contributed by atoms with E-state index in [4.69, 9.17) is 23.6 Å². The molecule has 2 aromatic carbocycles. The number of benzene rings is 2. The second-order valence-corrected chi connectivity index (χ2v) is 9.84. The fourth-order valence-corrected chi connectivity index (χ4v) is 5.04. The molecule has 0 saturated heterocycles. The number of aromatic nitrogens is 3. The van der Waals surface area contributed by atoms with Crippen molar-refractivity contribution in [2.75, 3.05) is 20.1 Å². The SMILES string of the molecule is CCOc1nc2cccc(C(=O)OCNC(=O)OCc3ccno3)c2n1CC1=CC=C(c2ccccc2C2=NCON2)CC1. The number of hydroxylamine groups is 1. The number of alkyl carbamates (subject to hydrolysis) is 1. The molecule has 6 rings (SSSR count). The summed E-state index contributed by atoms with van der Waals surface area (Å²) in [6.45, 7) is 2.56. The molecular weight excluding hydrogens is 568 g/mol. The molecule has 2 aromatic heterocycles. The number of hydrogen-bond donors (Lipinski definition) is 2. The predicted octanol–water partition coefficient (Wildman–Crippen LogP) is 4.51. The molecule has 1 aliphatic heterocycles. The van der Waals surface area contributed by atoms with Gasteiger partial charge >= 0.3 is 12.1 Å². The molecule has 0 spiro atoms. The van der Waals surface area contributed by atoms with E-state index in [2.05, 4.69) is 44.1 Å². The number of para-hydroxylation sites is 1. The monoisotopic (exact) mass is 598 g/mol. The molecule has 1 aliphatic carbocycles. The van der Waals surface area contributed by atoms with E-state index >= 15 is 0 Å². The number of imidazole rings is 1. The van der Waals surface area contributed by atoms with Crippen molar-refractivity contribution in [2.45, 2.75) is 32.9 Å². The fourth-order valence-electron chi connectivity index (χ4n) is 5.04. The van der Waals surface area contributed by atoms with Crippen LogP contribution in [0.5, 0.6) is 6.01 Å². The Morgan fingerprint density at radius 2 is 1.93 bits per heavy atom. The molecule has 0 unspecified atom stereocenters. The van der Waals surface area contributed by atoms with Crippen LogP contribution in [-0.4, -0.2) is 52.7 Å². The third-order valence-electron chi connectivity index (χ3n) is 7.06. The number of esters is 1. The van der Waals surface area contributed by atoms with E-state index in [1.54, 1.807) is 18.2 Å². The van der Waals surface area contributed by atoms with Gasteiger partial charge in [0.2, 0.25) is 0 Å². The summed E-state index contributed by atoms with van der Waals surface area (Å²) in [6, 6.07) is 15.3.